The number of anilines is 1. The lowest BCUT2D eigenvalue weighted by molar-refractivity contribution is -0.142. The topological polar surface area (TPSA) is 49.4 Å². The third-order valence-corrected chi connectivity index (χ3v) is 5.04. The summed E-state index contributed by atoms with van der Waals surface area (Å²) in [5, 5.41) is 3.18. The first-order valence-electron chi connectivity index (χ1n) is 9.48. The van der Waals surface area contributed by atoms with E-state index in [-0.39, 0.29) is 23.1 Å². The molecule has 1 fully saturated rings. The van der Waals surface area contributed by atoms with Gasteiger partial charge in [0.25, 0.3) is 0 Å². The summed E-state index contributed by atoms with van der Waals surface area (Å²) in [5.74, 6) is 0.257. The molecule has 0 radical (unpaired) electrons. The van der Waals surface area contributed by atoms with E-state index >= 15 is 0 Å². The Morgan fingerprint density at radius 1 is 1.08 bits per heavy atom. The van der Waals surface area contributed by atoms with Gasteiger partial charge >= 0.3 is 0 Å². The molecule has 0 spiro atoms. The second-order valence-corrected chi connectivity index (χ2v) is 7.96. The maximum absolute atomic E-state index is 12.8. The predicted octanol–water partition coefficient (Wildman–Crippen LogP) is 4.03. The Morgan fingerprint density at radius 2 is 1.60 bits per heavy atom. The Hall–Kier alpha value is -1.84. The number of carbonyl (C=O) groups excluding carboxylic acids is 2. The van der Waals surface area contributed by atoms with Crippen LogP contribution in [0.25, 0.3) is 0 Å². The molecular formula is C21H32N2O2. The fourth-order valence-corrected chi connectivity index (χ4v) is 3.45. The van der Waals surface area contributed by atoms with Gasteiger partial charge < -0.3 is 10.2 Å². The van der Waals surface area contributed by atoms with Crippen molar-refractivity contribution in [3.8, 4) is 0 Å². The van der Waals surface area contributed by atoms with E-state index < -0.39 is 0 Å². The average molecular weight is 344 g/mol. The molecule has 4 heteroatoms. The van der Waals surface area contributed by atoms with Crippen LogP contribution < -0.4 is 5.32 Å². The van der Waals surface area contributed by atoms with Gasteiger partial charge in [0.05, 0.1) is 0 Å². The largest absolute Gasteiger partial charge is 0.342 e. The summed E-state index contributed by atoms with van der Waals surface area (Å²) >= 11 is 0. The monoisotopic (exact) mass is 344 g/mol. The highest BCUT2D eigenvalue weighted by Crippen LogP contribution is 2.27. The van der Waals surface area contributed by atoms with Crippen molar-refractivity contribution in [3.63, 3.8) is 0 Å². The minimum Gasteiger partial charge on any atom is -0.342 e. The highest BCUT2D eigenvalue weighted by Gasteiger charge is 2.32. The quantitative estimate of drug-likeness (QED) is 0.896. The Bertz CT molecular complexity index is 601. The summed E-state index contributed by atoms with van der Waals surface area (Å²) in [6, 6.07) is 6.22. The lowest BCUT2D eigenvalue weighted by atomic mass is 9.90. The number of benzene rings is 1. The fourth-order valence-electron chi connectivity index (χ4n) is 3.45. The number of amides is 2. The van der Waals surface area contributed by atoms with Crippen molar-refractivity contribution in [2.45, 2.75) is 60.3 Å². The van der Waals surface area contributed by atoms with Crippen molar-refractivity contribution in [2.24, 2.45) is 11.3 Å². The zero-order chi connectivity index (χ0) is 18.6. The molecule has 1 aromatic carbocycles. The van der Waals surface area contributed by atoms with E-state index in [1.165, 1.54) is 11.1 Å². The Kier molecular flexibility index (Phi) is 6.26. The number of aryl methyl sites for hydroxylation is 2. The van der Waals surface area contributed by atoms with Crippen molar-refractivity contribution < 1.29 is 9.59 Å². The molecular weight excluding hydrogens is 312 g/mol. The molecule has 1 aliphatic heterocycles. The van der Waals surface area contributed by atoms with E-state index in [9.17, 15) is 9.59 Å². The number of nitrogens with one attached hydrogen (secondary N) is 1. The first kappa shape index (κ1) is 19.5. The van der Waals surface area contributed by atoms with Gasteiger partial charge in [-0.2, -0.15) is 0 Å². The van der Waals surface area contributed by atoms with Crippen LogP contribution in [0.4, 0.5) is 5.69 Å². The van der Waals surface area contributed by atoms with Crippen LogP contribution in [0.1, 0.15) is 58.6 Å². The Balaban J connectivity index is 2.01. The summed E-state index contributed by atoms with van der Waals surface area (Å²) in [6.07, 6.45) is 3.29. The minimum atomic E-state index is -0.356. The van der Waals surface area contributed by atoms with Crippen molar-refractivity contribution in [1.82, 2.24) is 4.90 Å². The van der Waals surface area contributed by atoms with Crippen LogP contribution >= 0.6 is 0 Å². The maximum atomic E-state index is 12.8. The van der Waals surface area contributed by atoms with Gasteiger partial charge in [0.1, 0.15) is 0 Å². The third-order valence-electron chi connectivity index (χ3n) is 5.04. The summed E-state index contributed by atoms with van der Waals surface area (Å²) in [4.78, 5) is 27.0. The van der Waals surface area contributed by atoms with Crippen LogP contribution in [0.5, 0.6) is 0 Å². The second kappa shape index (κ2) is 8.03. The molecule has 1 aliphatic rings. The number of hydrogen-bond acceptors (Lipinski definition) is 2. The summed E-state index contributed by atoms with van der Waals surface area (Å²) in [6.45, 7) is 11.4. The first-order valence-corrected chi connectivity index (χ1v) is 9.48. The standard InChI is InChI=1S/C21H32N2O2/c1-6-15-9-8-10-16(7-2)18(15)22-19(24)17-11-13-23(14-12-17)20(25)21(3,4)5/h8-10,17H,6-7,11-14H2,1-5H3,(H,22,24). The van der Waals surface area contributed by atoms with Crippen LogP contribution in [0, 0.1) is 11.3 Å². The molecule has 1 aromatic rings. The normalized spacial score (nSPS) is 16.0. The summed E-state index contributed by atoms with van der Waals surface area (Å²) in [5.41, 5.74) is 3.01. The predicted molar refractivity (Wildman–Crippen MR) is 103 cm³/mol. The van der Waals surface area contributed by atoms with Gasteiger partial charge in [-0.05, 0) is 36.8 Å². The molecule has 0 aliphatic carbocycles. The summed E-state index contributed by atoms with van der Waals surface area (Å²) < 4.78 is 0. The van der Waals surface area contributed by atoms with E-state index in [2.05, 4.69) is 37.4 Å². The zero-order valence-corrected chi connectivity index (χ0v) is 16.3. The second-order valence-electron chi connectivity index (χ2n) is 7.96. The molecule has 0 unspecified atom stereocenters. The molecule has 1 heterocycles. The van der Waals surface area contributed by atoms with Crippen LogP contribution in [-0.2, 0) is 22.4 Å². The van der Waals surface area contributed by atoms with E-state index in [0.29, 0.717) is 13.1 Å². The fraction of sp³-hybridized carbons (Fsp3) is 0.619. The lowest BCUT2D eigenvalue weighted by Gasteiger charge is -2.35. The summed E-state index contributed by atoms with van der Waals surface area (Å²) in [7, 11) is 0. The van der Waals surface area contributed by atoms with E-state index in [4.69, 9.17) is 0 Å². The van der Waals surface area contributed by atoms with Gasteiger partial charge in [-0.25, -0.2) is 0 Å². The van der Waals surface area contributed by atoms with Crippen LogP contribution in [0.15, 0.2) is 18.2 Å². The van der Waals surface area contributed by atoms with E-state index in [1.54, 1.807) is 0 Å². The van der Waals surface area contributed by atoms with Gasteiger partial charge in [-0.1, -0.05) is 52.8 Å². The van der Waals surface area contributed by atoms with Crippen molar-refractivity contribution in [2.75, 3.05) is 18.4 Å². The molecule has 2 rings (SSSR count). The SMILES string of the molecule is CCc1cccc(CC)c1NC(=O)C1CCN(C(=O)C(C)(C)C)CC1. The number of likely N-dealkylation sites (tertiary alicyclic amines) is 1. The van der Waals surface area contributed by atoms with Crippen LogP contribution in [-0.4, -0.2) is 29.8 Å². The Labute approximate surface area is 152 Å². The van der Waals surface area contributed by atoms with Gasteiger partial charge in [0, 0.05) is 30.1 Å². The lowest BCUT2D eigenvalue weighted by Crippen LogP contribution is -2.45. The van der Waals surface area contributed by atoms with Crippen molar-refractivity contribution in [3.05, 3.63) is 29.3 Å². The molecule has 138 valence electrons. The number of nitrogens with zero attached hydrogens (tertiary/aromatic N) is 1. The molecule has 1 saturated heterocycles. The van der Waals surface area contributed by atoms with Crippen LogP contribution in [0.3, 0.4) is 0 Å². The third kappa shape index (κ3) is 4.62. The maximum Gasteiger partial charge on any atom is 0.227 e. The zero-order valence-electron chi connectivity index (χ0n) is 16.3. The minimum absolute atomic E-state index is 0.0152. The van der Waals surface area contributed by atoms with Gasteiger partial charge in [0.2, 0.25) is 11.8 Å². The Morgan fingerprint density at radius 3 is 2.04 bits per heavy atom. The molecule has 0 aromatic heterocycles. The highest BCUT2D eigenvalue weighted by molar-refractivity contribution is 5.94. The molecule has 2 amide bonds. The average Bonchev–Trinajstić information content (AvgIpc) is 2.60. The molecule has 25 heavy (non-hydrogen) atoms. The molecule has 1 N–H and O–H groups in total. The van der Waals surface area contributed by atoms with Crippen molar-refractivity contribution in [1.29, 1.82) is 0 Å². The highest BCUT2D eigenvalue weighted by atomic mass is 16.2. The first-order chi connectivity index (χ1) is 11.8. The molecule has 0 atom stereocenters. The van der Waals surface area contributed by atoms with E-state index in [1.807, 2.05) is 25.7 Å². The molecule has 4 nitrogen and oxygen atoms in total. The number of para-hydroxylation sites is 1. The number of hydrogen-bond donors (Lipinski definition) is 1. The van der Waals surface area contributed by atoms with Gasteiger partial charge in [0.15, 0.2) is 0 Å². The number of rotatable bonds is 4. The van der Waals surface area contributed by atoms with Gasteiger partial charge in [-0.3, -0.25) is 9.59 Å². The van der Waals surface area contributed by atoms with Crippen molar-refractivity contribution >= 4 is 17.5 Å². The molecule has 0 saturated carbocycles. The smallest absolute Gasteiger partial charge is 0.227 e. The van der Waals surface area contributed by atoms with Crippen LogP contribution in [0.2, 0.25) is 0 Å². The van der Waals surface area contributed by atoms with Gasteiger partial charge in [-0.15, -0.1) is 0 Å². The number of carbonyl (C=O) groups is 2. The molecule has 0 bridgehead atoms. The number of piperidine rings is 1. The van der Waals surface area contributed by atoms with E-state index in [0.717, 1.165) is 31.4 Å².